The van der Waals surface area contributed by atoms with E-state index in [1.54, 1.807) is 18.2 Å². The van der Waals surface area contributed by atoms with Gasteiger partial charge in [-0.25, -0.2) is 0 Å². The van der Waals surface area contributed by atoms with Gasteiger partial charge in [-0.1, -0.05) is 29.8 Å². The zero-order chi connectivity index (χ0) is 24.1. The van der Waals surface area contributed by atoms with E-state index in [9.17, 15) is 19.2 Å². The SMILES string of the molecule is COC(=O)CN1C(=O)S/C(=C\c2ccc(OCC(=O)Nc3cc(C)ccc3C)c(Cl)c2)C1=O. The zero-order valence-corrected chi connectivity index (χ0v) is 19.7. The Labute approximate surface area is 199 Å². The van der Waals surface area contributed by atoms with Crippen LogP contribution in [-0.4, -0.2) is 48.2 Å². The number of halogens is 1. The minimum Gasteiger partial charge on any atom is -0.482 e. The van der Waals surface area contributed by atoms with Gasteiger partial charge in [-0.2, -0.15) is 0 Å². The van der Waals surface area contributed by atoms with Crippen LogP contribution in [0.4, 0.5) is 10.5 Å². The Morgan fingerprint density at radius 2 is 1.91 bits per heavy atom. The average Bonchev–Trinajstić information content (AvgIpc) is 3.02. The molecule has 172 valence electrons. The quantitative estimate of drug-likeness (QED) is 0.460. The Balaban J connectivity index is 1.63. The number of thioether (sulfide) groups is 1. The smallest absolute Gasteiger partial charge is 0.325 e. The summed E-state index contributed by atoms with van der Waals surface area (Å²) < 4.78 is 10.0. The van der Waals surface area contributed by atoms with E-state index in [1.807, 2.05) is 32.0 Å². The summed E-state index contributed by atoms with van der Waals surface area (Å²) in [5.74, 6) is -1.31. The van der Waals surface area contributed by atoms with Crippen LogP contribution in [0.25, 0.3) is 6.08 Å². The van der Waals surface area contributed by atoms with E-state index < -0.39 is 23.7 Å². The maximum absolute atomic E-state index is 12.4. The van der Waals surface area contributed by atoms with Crippen molar-refractivity contribution in [2.45, 2.75) is 13.8 Å². The minimum absolute atomic E-state index is 0.154. The first-order valence-electron chi connectivity index (χ1n) is 9.79. The second kappa shape index (κ2) is 10.5. The normalized spacial score (nSPS) is 14.5. The van der Waals surface area contributed by atoms with Gasteiger partial charge in [0, 0.05) is 5.69 Å². The Kier molecular flexibility index (Phi) is 7.78. The molecule has 0 aliphatic carbocycles. The number of hydrogen-bond acceptors (Lipinski definition) is 7. The number of nitrogens with one attached hydrogen (secondary N) is 1. The van der Waals surface area contributed by atoms with Crippen LogP contribution in [0.1, 0.15) is 16.7 Å². The van der Waals surface area contributed by atoms with E-state index in [-0.39, 0.29) is 22.4 Å². The molecule has 2 aromatic carbocycles. The molecule has 33 heavy (non-hydrogen) atoms. The first kappa shape index (κ1) is 24.3. The van der Waals surface area contributed by atoms with E-state index in [0.717, 1.165) is 27.8 Å². The largest absolute Gasteiger partial charge is 0.482 e. The second-order valence-electron chi connectivity index (χ2n) is 7.19. The molecule has 0 unspecified atom stereocenters. The van der Waals surface area contributed by atoms with Gasteiger partial charge in [-0.15, -0.1) is 0 Å². The molecule has 0 saturated carbocycles. The summed E-state index contributed by atoms with van der Waals surface area (Å²) in [7, 11) is 1.18. The fourth-order valence-corrected chi connectivity index (χ4v) is 3.99. The van der Waals surface area contributed by atoms with Crippen molar-refractivity contribution in [2.75, 3.05) is 25.6 Å². The van der Waals surface area contributed by atoms with Crippen molar-refractivity contribution in [3.8, 4) is 5.75 Å². The van der Waals surface area contributed by atoms with Crippen molar-refractivity contribution in [1.82, 2.24) is 4.90 Å². The molecular formula is C23H21ClN2O6S. The molecule has 2 aromatic rings. The van der Waals surface area contributed by atoms with Crippen LogP contribution < -0.4 is 10.1 Å². The molecule has 1 N–H and O–H groups in total. The molecule has 1 saturated heterocycles. The molecule has 8 nitrogen and oxygen atoms in total. The molecule has 10 heteroatoms. The molecule has 1 aliphatic rings. The Morgan fingerprint density at radius 3 is 2.61 bits per heavy atom. The maximum Gasteiger partial charge on any atom is 0.325 e. The van der Waals surface area contributed by atoms with Gasteiger partial charge >= 0.3 is 5.97 Å². The lowest BCUT2D eigenvalue weighted by Gasteiger charge is -2.11. The lowest BCUT2D eigenvalue weighted by atomic mass is 10.1. The van der Waals surface area contributed by atoms with Crippen molar-refractivity contribution in [3.05, 3.63) is 63.0 Å². The van der Waals surface area contributed by atoms with Crippen LogP contribution in [0, 0.1) is 13.8 Å². The molecule has 1 heterocycles. The lowest BCUT2D eigenvalue weighted by Crippen LogP contribution is -2.34. The summed E-state index contributed by atoms with van der Waals surface area (Å²) in [6, 6.07) is 10.5. The van der Waals surface area contributed by atoms with Crippen LogP contribution in [0.2, 0.25) is 5.02 Å². The van der Waals surface area contributed by atoms with Crippen LogP contribution in [0.15, 0.2) is 41.3 Å². The lowest BCUT2D eigenvalue weighted by molar-refractivity contribution is -0.143. The fraction of sp³-hybridized carbons (Fsp3) is 0.217. The molecule has 3 rings (SSSR count). The van der Waals surface area contributed by atoms with Crippen LogP contribution in [0.3, 0.4) is 0 Å². The zero-order valence-electron chi connectivity index (χ0n) is 18.1. The van der Waals surface area contributed by atoms with Crippen LogP contribution >= 0.6 is 23.4 Å². The van der Waals surface area contributed by atoms with E-state index in [4.69, 9.17) is 16.3 Å². The number of carbonyl (C=O) groups is 4. The molecule has 1 fully saturated rings. The number of imide groups is 1. The molecular weight excluding hydrogens is 468 g/mol. The van der Waals surface area contributed by atoms with E-state index >= 15 is 0 Å². The van der Waals surface area contributed by atoms with Crippen LogP contribution in [0.5, 0.6) is 5.75 Å². The van der Waals surface area contributed by atoms with Gasteiger partial charge in [0.2, 0.25) is 0 Å². The average molecular weight is 489 g/mol. The van der Waals surface area contributed by atoms with Gasteiger partial charge < -0.3 is 14.8 Å². The summed E-state index contributed by atoms with van der Waals surface area (Å²) in [5.41, 5.74) is 3.23. The van der Waals surface area contributed by atoms with Gasteiger partial charge in [-0.3, -0.25) is 24.1 Å². The van der Waals surface area contributed by atoms with E-state index in [2.05, 4.69) is 10.1 Å². The Morgan fingerprint density at radius 1 is 1.15 bits per heavy atom. The molecule has 0 bridgehead atoms. The van der Waals surface area contributed by atoms with Crippen molar-refractivity contribution in [2.24, 2.45) is 0 Å². The number of carbonyl (C=O) groups excluding carboxylic acids is 4. The molecule has 0 aromatic heterocycles. The Bertz CT molecular complexity index is 1160. The number of aryl methyl sites for hydroxylation is 2. The highest BCUT2D eigenvalue weighted by molar-refractivity contribution is 8.18. The predicted octanol–water partition coefficient (Wildman–Crippen LogP) is 4.18. The summed E-state index contributed by atoms with van der Waals surface area (Å²) >= 11 is 6.99. The molecule has 0 radical (unpaired) electrons. The third-order valence-corrected chi connectivity index (χ3v) is 5.87. The summed E-state index contributed by atoms with van der Waals surface area (Å²) in [4.78, 5) is 49.0. The number of anilines is 1. The number of amides is 3. The highest BCUT2D eigenvalue weighted by atomic mass is 35.5. The van der Waals surface area contributed by atoms with Crippen molar-refractivity contribution < 1.29 is 28.7 Å². The molecule has 0 spiro atoms. The summed E-state index contributed by atoms with van der Waals surface area (Å²) in [5, 5.41) is 2.48. The highest BCUT2D eigenvalue weighted by Crippen LogP contribution is 2.33. The Hall–Kier alpha value is -3.30. The van der Waals surface area contributed by atoms with Crippen molar-refractivity contribution >= 4 is 58.1 Å². The standard InChI is InChI=1S/C23H21ClN2O6S/c1-13-4-5-14(2)17(8-13)25-20(27)12-32-18-7-6-15(9-16(18)24)10-19-22(29)26(23(30)33-19)11-21(28)31-3/h4-10H,11-12H2,1-3H3,(H,25,27)/b19-10-. The molecule has 3 amide bonds. The topological polar surface area (TPSA) is 102 Å². The van der Waals surface area contributed by atoms with Gasteiger partial charge in [-0.05, 0) is 66.6 Å². The number of methoxy groups -OCH3 is 1. The third kappa shape index (κ3) is 6.15. The van der Waals surface area contributed by atoms with E-state index in [1.165, 1.54) is 13.2 Å². The number of benzene rings is 2. The van der Waals surface area contributed by atoms with Crippen molar-refractivity contribution in [3.63, 3.8) is 0 Å². The number of nitrogens with zero attached hydrogens (tertiary/aromatic N) is 1. The first-order chi connectivity index (χ1) is 15.7. The van der Waals surface area contributed by atoms with Crippen LogP contribution in [-0.2, 0) is 19.1 Å². The predicted molar refractivity (Wildman–Crippen MR) is 126 cm³/mol. The third-order valence-electron chi connectivity index (χ3n) is 4.67. The maximum atomic E-state index is 12.4. The number of ether oxygens (including phenoxy) is 2. The summed E-state index contributed by atoms with van der Waals surface area (Å²) in [6.45, 7) is 3.15. The van der Waals surface area contributed by atoms with Gasteiger partial charge in [0.05, 0.1) is 17.0 Å². The molecule has 1 aliphatic heterocycles. The fourth-order valence-electron chi connectivity index (χ4n) is 2.91. The van der Waals surface area contributed by atoms with Gasteiger partial charge in [0.15, 0.2) is 6.61 Å². The van der Waals surface area contributed by atoms with Crippen molar-refractivity contribution in [1.29, 1.82) is 0 Å². The monoisotopic (exact) mass is 488 g/mol. The first-order valence-corrected chi connectivity index (χ1v) is 11.0. The van der Waals surface area contributed by atoms with Gasteiger partial charge in [0.1, 0.15) is 12.3 Å². The second-order valence-corrected chi connectivity index (χ2v) is 8.59. The van der Waals surface area contributed by atoms with E-state index in [0.29, 0.717) is 17.0 Å². The number of esters is 1. The summed E-state index contributed by atoms with van der Waals surface area (Å²) in [6.07, 6.45) is 1.49. The molecule has 0 atom stereocenters. The van der Waals surface area contributed by atoms with Gasteiger partial charge in [0.25, 0.3) is 17.1 Å². The number of hydrogen-bond donors (Lipinski definition) is 1. The minimum atomic E-state index is -0.690. The highest BCUT2D eigenvalue weighted by Gasteiger charge is 2.36. The number of rotatable bonds is 7.